The molecule has 2 heterocycles. The van der Waals surface area contributed by atoms with Gasteiger partial charge < -0.3 is 14.9 Å². The SMILES string of the molecule is CC(=O)N1CCCN(c2ccc(C(=O)O)s2)CC1. The van der Waals surface area contributed by atoms with Gasteiger partial charge in [-0.1, -0.05) is 0 Å². The van der Waals surface area contributed by atoms with E-state index >= 15 is 0 Å². The van der Waals surface area contributed by atoms with Crippen LogP contribution in [0.1, 0.15) is 23.0 Å². The van der Waals surface area contributed by atoms with Crippen LogP contribution in [0, 0.1) is 0 Å². The lowest BCUT2D eigenvalue weighted by Crippen LogP contribution is -2.33. The third kappa shape index (κ3) is 2.81. The number of carbonyl (C=O) groups is 2. The number of carbonyl (C=O) groups excluding carboxylic acids is 1. The first-order chi connectivity index (χ1) is 8.58. The van der Waals surface area contributed by atoms with Crippen molar-refractivity contribution >= 4 is 28.2 Å². The topological polar surface area (TPSA) is 60.9 Å². The summed E-state index contributed by atoms with van der Waals surface area (Å²) in [5, 5.41) is 9.88. The van der Waals surface area contributed by atoms with E-state index in [2.05, 4.69) is 4.90 Å². The van der Waals surface area contributed by atoms with Gasteiger partial charge in [-0.2, -0.15) is 0 Å². The molecule has 0 radical (unpaired) electrons. The second-order valence-corrected chi connectivity index (χ2v) is 5.35. The Balaban J connectivity index is 2.05. The fourth-order valence-corrected chi connectivity index (χ4v) is 2.96. The molecule has 1 N–H and O–H groups in total. The van der Waals surface area contributed by atoms with E-state index in [4.69, 9.17) is 5.11 Å². The minimum atomic E-state index is -0.883. The molecule has 1 fully saturated rings. The number of anilines is 1. The van der Waals surface area contributed by atoms with E-state index in [1.54, 1.807) is 13.0 Å². The van der Waals surface area contributed by atoms with Crippen molar-refractivity contribution in [2.24, 2.45) is 0 Å². The van der Waals surface area contributed by atoms with Crippen LogP contribution in [0.4, 0.5) is 5.00 Å². The van der Waals surface area contributed by atoms with Crippen LogP contribution in [0.25, 0.3) is 0 Å². The predicted octanol–water partition coefficient (Wildman–Crippen LogP) is 1.50. The van der Waals surface area contributed by atoms with E-state index in [1.807, 2.05) is 11.0 Å². The Hall–Kier alpha value is -1.56. The second kappa shape index (κ2) is 5.39. The molecule has 0 unspecified atom stereocenters. The molecule has 0 bridgehead atoms. The molecular formula is C12H16N2O3S. The highest BCUT2D eigenvalue weighted by Gasteiger charge is 2.18. The van der Waals surface area contributed by atoms with Crippen LogP contribution in [-0.4, -0.2) is 48.1 Å². The summed E-state index contributed by atoms with van der Waals surface area (Å²) in [6.07, 6.45) is 0.917. The first-order valence-corrected chi connectivity index (χ1v) is 6.73. The van der Waals surface area contributed by atoms with Gasteiger partial charge in [-0.15, -0.1) is 11.3 Å². The minimum Gasteiger partial charge on any atom is -0.477 e. The molecule has 0 atom stereocenters. The molecule has 1 aromatic rings. The summed E-state index contributed by atoms with van der Waals surface area (Å²) in [5.74, 6) is -0.777. The van der Waals surface area contributed by atoms with Crippen LogP contribution in [0.3, 0.4) is 0 Å². The van der Waals surface area contributed by atoms with Crippen LogP contribution in [0.2, 0.25) is 0 Å². The number of rotatable bonds is 2. The quantitative estimate of drug-likeness (QED) is 0.883. The molecule has 1 aliphatic heterocycles. The Morgan fingerprint density at radius 1 is 1.22 bits per heavy atom. The highest BCUT2D eigenvalue weighted by molar-refractivity contribution is 7.17. The Morgan fingerprint density at radius 3 is 2.61 bits per heavy atom. The van der Waals surface area contributed by atoms with Crippen LogP contribution in [-0.2, 0) is 4.79 Å². The van der Waals surface area contributed by atoms with E-state index in [1.165, 1.54) is 11.3 Å². The van der Waals surface area contributed by atoms with Gasteiger partial charge in [0.2, 0.25) is 5.91 Å². The largest absolute Gasteiger partial charge is 0.477 e. The number of amides is 1. The number of hydrogen-bond acceptors (Lipinski definition) is 4. The van der Waals surface area contributed by atoms with E-state index in [-0.39, 0.29) is 5.91 Å². The molecule has 6 heteroatoms. The molecule has 18 heavy (non-hydrogen) atoms. The van der Waals surface area contributed by atoms with Gasteiger partial charge in [0.25, 0.3) is 0 Å². The molecule has 98 valence electrons. The molecule has 0 aliphatic carbocycles. The third-order valence-electron chi connectivity index (χ3n) is 3.06. The maximum atomic E-state index is 11.3. The molecule has 5 nitrogen and oxygen atoms in total. The summed E-state index contributed by atoms with van der Waals surface area (Å²) in [7, 11) is 0. The second-order valence-electron chi connectivity index (χ2n) is 4.29. The number of aromatic carboxylic acids is 1. The summed E-state index contributed by atoms with van der Waals surface area (Å²) in [6, 6.07) is 3.48. The van der Waals surface area contributed by atoms with E-state index in [0.29, 0.717) is 11.4 Å². The average Bonchev–Trinajstić information content (AvgIpc) is 2.67. The van der Waals surface area contributed by atoms with Gasteiger partial charge in [0, 0.05) is 33.1 Å². The molecule has 2 rings (SSSR count). The Bertz CT molecular complexity index is 458. The zero-order valence-corrected chi connectivity index (χ0v) is 11.1. The zero-order valence-electron chi connectivity index (χ0n) is 10.3. The molecule has 1 amide bonds. The number of nitrogens with zero attached hydrogens (tertiary/aromatic N) is 2. The summed E-state index contributed by atoms with van der Waals surface area (Å²) < 4.78 is 0. The van der Waals surface area contributed by atoms with Gasteiger partial charge in [0.05, 0.1) is 5.00 Å². The summed E-state index contributed by atoms with van der Waals surface area (Å²) >= 11 is 1.29. The lowest BCUT2D eigenvalue weighted by Gasteiger charge is -2.21. The fraction of sp³-hybridized carbons (Fsp3) is 0.500. The monoisotopic (exact) mass is 268 g/mol. The van der Waals surface area contributed by atoms with Gasteiger partial charge in [0.15, 0.2) is 0 Å². The molecule has 0 aromatic carbocycles. The lowest BCUT2D eigenvalue weighted by molar-refractivity contribution is -0.128. The Kier molecular flexibility index (Phi) is 3.86. The minimum absolute atomic E-state index is 0.106. The van der Waals surface area contributed by atoms with Crippen molar-refractivity contribution < 1.29 is 14.7 Å². The van der Waals surface area contributed by atoms with Crippen LogP contribution in [0.5, 0.6) is 0 Å². The van der Waals surface area contributed by atoms with Crippen molar-refractivity contribution in [1.29, 1.82) is 0 Å². The van der Waals surface area contributed by atoms with Gasteiger partial charge in [-0.25, -0.2) is 4.79 Å². The molecule has 0 saturated carbocycles. The number of hydrogen-bond donors (Lipinski definition) is 1. The molecule has 1 saturated heterocycles. The zero-order chi connectivity index (χ0) is 13.1. The fourth-order valence-electron chi connectivity index (χ4n) is 2.07. The standard InChI is InChI=1S/C12H16N2O3S/c1-9(15)13-5-2-6-14(8-7-13)11-4-3-10(18-11)12(16)17/h3-4H,2,5-8H2,1H3,(H,16,17). The maximum absolute atomic E-state index is 11.3. The van der Waals surface area contributed by atoms with Crippen LogP contribution < -0.4 is 4.90 Å². The first kappa shape index (κ1) is 12.9. The highest BCUT2D eigenvalue weighted by atomic mass is 32.1. The van der Waals surface area contributed by atoms with Crippen molar-refractivity contribution in [3.63, 3.8) is 0 Å². The molecule has 1 aromatic heterocycles. The van der Waals surface area contributed by atoms with Crippen molar-refractivity contribution in [3.05, 3.63) is 17.0 Å². The summed E-state index contributed by atoms with van der Waals surface area (Å²) in [4.78, 5) is 26.5. The molecule has 1 aliphatic rings. The van der Waals surface area contributed by atoms with Crippen LogP contribution in [0.15, 0.2) is 12.1 Å². The van der Waals surface area contributed by atoms with Crippen molar-refractivity contribution in [1.82, 2.24) is 4.90 Å². The van der Waals surface area contributed by atoms with Crippen molar-refractivity contribution in [2.75, 3.05) is 31.1 Å². The van der Waals surface area contributed by atoms with Crippen molar-refractivity contribution in [2.45, 2.75) is 13.3 Å². The first-order valence-electron chi connectivity index (χ1n) is 5.91. The molecule has 0 spiro atoms. The Morgan fingerprint density at radius 2 is 2.00 bits per heavy atom. The van der Waals surface area contributed by atoms with E-state index in [9.17, 15) is 9.59 Å². The predicted molar refractivity (Wildman–Crippen MR) is 70.4 cm³/mol. The molecular weight excluding hydrogens is 252 g/mol. The summed E-state index contributed by atoms with van der Waals surface area (Å²) in [5.41, 5.74) is 0. The Labute approximate surface area is 110 Å². The van der Waals surface area contributed by atoms with Gasteiger partial charge in [-0.05, 0) is 18.6 Å². The van der Waals surface area contributed by atoms with E-state index in [0.717, 1.165) is 31.1 Å². The summed E-state index contributed by atoms with van der Waals surface area (Å²) in [6.45, 7) is 4.70. The lowest BCUT2D eigenvalue weighted by atomic mass is 10.4. The highest BCUT2D eigenvalue weighted by Crippen LogP contribution is 2.26. The van der Waals surface area contributed by atoms with Gasteiger partial charge >= 0.3 is 5.97 Å². The van der Waals surface area contributed by atoms with Gasteiger partial charge in [0.1, 0.15) is 4.88 Å². The normalized spacial score (nSPS) is 16.5. The van der Waals surface area contributed by atoms with Gasteiger partial charge in [-0.3, -0.25) is 4.79 Å². The number of thiophene rings is 1. The maximum Gasteiger partial charge on any atom is 0.345 e. The third-order valence-corrected chi connectivity index (χ3v) is 4.19. The average molecular weight is 268 g/mol. The number of carboxylic acid groups (broad SMARTS) is 1. The van der Waals surface area contributed by atoms with E-state index < -0.39 is 5.97 Å². The van der Waals surface area contributed by atoms with Crippen molar-refractivity contribution in [3.8, 4) is 0 Å². The number of carboxylic acids is 1. The smallest absolute Gasteiger partial charge is 0.345 e. The van der Waals surface area contributed by atoms with Crippen LogP contribution >= 0.6 is 11.3 Å².